The molecule has 21 nitrogen and oxygen atoms in total. The van der Waals surface area contributed by atoms with E-state index in [4.69, 9.17) is 90.0 Å². The van der Waals surface area contributed by atoms with E-state index in [1.807, 2.05) is 310 Å². The van der Waals surface area contributed by atoms with Gasteiger partial charge in [0.25, 0.3) is 0 Å². The van der Waals surface area contributed by atoms with Crippen LogP contribution in [0.3, 0.4) is 0 Å². The molecule has 5 aliphatic heterocycles. The van der Waals surface area contributed by atoms with Crippen LogP contribution in [0.15, 0.2) is 316 Å². The third kappa shape index (κ3) is 23.7. The van der Waals surface area contributed by atoms with Crippen molar-refractivity contribution in [2.75, 3.05) is 26.4 Å². The Balaban J connectivity index is 0.876. The van der Waals surface area contributed by atoms with Gasteiger partial charge in [-0.3, -0.25) is 4.79 Å². The molecule has 5 heterocycles. The van der Waals surface area contributed by atoms with Crippen LogP contribution in [0.5, 0.6) is 0 Å². The second-order valence-electron chi connectivity index (χ2n) is 30.5. The Kier molecular flexibility index (Phi) is 31.7. The van der Waals surface area contributed by atoms with Crippen molar-refractivity contribution in [3.63, 3.8) is 0 Å². The molecule has 1 N–H and O–H groups in total. The van der Waals surface area contributed by atoms with Gasteiger partial charge in [-0.15, -0.1) is 6.58 Å². The monoisotopic (exact) mass is 1630 g/mol. The van der Waals surface area contributed by atoms with E-state index in [1.165, 1.54) is 6.92 Å². The normalized spacial score (nSPS) is 28.0. The van der Waals surface area contributed by atoms with Crippen molar-refractivity contribution in [2.45, 2.75) is 202 Å². The average Bonchev–Trinajstić information content (AvgIpc) is 0.747. The summed E-state index contributed by atoms with van der Waals surface area (Å²) >= 11 is 0. The molecule has 628 valence electrons. The van der Waals surface area contributed by atoms with E-state index in [-0.39, 0.29) is 85.9 Å². The van der Waals surface area contributed by atoms with Crippen LogP contribution in [-0.4, -0.2) is 155 Å². The van der Waals surface area contributed by atoms with Crippen molar-refractivity contribution in [1.82, 2.24) is 5.32 Å². The predicted octanol–water partition coefficient (Wildman–Crippen LogP) is 15.4. The summed E-state index contributed by atoms with van der Waals surface area (Å²) in [6.45, 7) is 8.72. The highest BCUT2D eigenvalue weighted by Crippen LogP contribution is 2.43. The highest BCUT2D eigenvalue weighted by atomic mass is 16.8. The maximum Gasteiger partial charge on any atom is 0.217 e. The van der Waals surface area contributed by atoms with Gasteiger partial charge < -0.3 is 95.3 Å². The zero-order valence-corrected chi connectivity index (χ0v) is 67.6. The lowest BCUT2D eigenvalue weighted by Crippen LogP contribution is -2.71. The minimum absolute atomic E-state index is 0.0102. The van der Waals surface area contributed by atoms with E-state index in [2.05, 4.69) is 11.9 Å². The molecule has 21 atom stereocenters. The molecule has 21 heteroatoms. The van der Waals surface area contributed by atoms with Crippen LogP contribution in [0.2, 0.25) is 0 Å². The average molecular weight is 1630 g/mol. The Labute approximate surface area is 702 Å². The van der Waals surface area contributed by atoms with Crippen LogP contribution >= 0.6 is 0 Å². The molecular formula is C99H107NO20. The maximum atomic E-state index is 14.8. The zero-order chi connectivity index (χ0) is 81.9. The van der Waals surface area contributed by atoms with Gasteiger partial charge in [-0.1, -0.05) is 309 Å². The van der Waals surface area contributed by atoms with Crippen LogP contribution in [0, 0.1) is 0 Å². The molecule has 15 rings (SSSR count). The van der Waals surface area contributed by atoms with Gasteiger partial charge in [0.15, 0.2) is 31.5 Å². The summed E-state index contributed by atoms with van der Waals surface area (Å²) in [5, 5.41) is 3.31. The molecule has 0 unspecified atom stereocenters. The molecule has 10 aromatic carbocycles. The number of hydrogen-bond donors (Lipinski definition) is 1. The zero-order valence-electron chi connectivity index (χ0n) is 67.6. The summed E-state index contributed by atoms with van der Waals surface area (Å²) in [6, 6.07) is 97.4. The third-order valence-electron chi connectivity index (χ3n) is 21.7. The minimum Gasteiger partial charge on any atom is -0.374 e. The van der Waals surface area contributed by atoms with Gasteiger partial charge in [-0.25, -0.2) is 0 Å². The molecule has 5 fully saturated rings. The lowest BCUT2D eigenvalue weighted by atomic mass is 9.93. The number of amides is 1. The Morgan fingerprint density at radius 3 is 1.07 bits per heavy atom. The number of ether oxygens (including phenoxy) is 19. The van der Waals surface area contributed by atoms with E-state index < -0.39 is 135 Å². The first-order chi connectivity index (χ1) is 59.2. The van der Waals surface area contributed by atoms with Crippen LogP contribution in [-0.2, 0) is 154 Å². The molecule has 120 heavy (non-hydrogen) atoms. The fourth-order valence-corrected chi connectivity index (χ4v) is 15.8. The Morgan fingerprint density at radius 1 is 0.342 bits per heavy atom. The van der Waals surface area contributed by atoms with Crippen LogP contribution < -0.4 is 5.32 Å². The van der Waals surface area contributed by atoms with Crippen molar-refractivity contribution >= 4 is 5.91 Å². The van der Waals surface area contributed by atoms with Gasteiger partial charge in [0.05, 0.1) is 92.0 Å². The molecule has 0 saturated carbocycles. The van der Waals surface area contributed by atoms with Crippen LogP contribution in [0.1, 0.15) is 75.8 Å². The highest BCUT2D eigenvalue weighted by Gasteiger charge is 2.60. The van der Waals surface area contributed by atoms with E-state index in [0.717, 1.165) is 50.1 Å². The van der Waals surface area contributed by atoms with Gasteiger partial charge in [0.1, 0.15) is 91.5 Å². The largest absolute Gasteiger partial charge is 0.374 e. The first kappa shape index (κ1) is 85.6. The third-order valence-corrected chi connectivity index (χ3v) is 21.7. The first-order valence-electron chi connectivity index (χ1n) is 41.4. The SMILES string of the molecule is C=CCO[C@H]1O[C@H](COCc2ccccc2)[C@H](OCc2ccccc2)[C@H](O[C@@H]2O[C@@H]3CO[C@H](c4ccccc4)O[C@@H]3[C@H](O[C@@H]3O[C@H](COCc4ccccc4)[C@H](OCc4ccccc4)[C@H](OCc4ccccc4)[C@H]3O[C@@H]3O[C@@H](C)[C@@H](OCc4ccccc4)[C@@H](OCc4ccccc4)[C@@H]3OCc3ccccc3)[C@H]2NC(C)=O)[C@H]1OCc1ccccc1. The number of rotatable bonds is 40. The predicted molar refractivity (Wildman–Crippen MR) is 446 cm³/mol. The molecule has 5 aliphatic rings. The molecule has 5 saturated heterocycles. The number of benzene rings is 10. The summed E-state index contributed by atoms with van der Waals surface area (Å²) in [6.07, 6.45) is -20.2. The van der Waals surface area contributed by atoms with E-state index in [9.17, 15) is 4.79 Å². The highest BCUT2D eigenvalue weighted by molar-refractivity contribution is 5.73. The van der Waals surface area contributed by atoms with Gasteiger partial charge in [0.2, 0.25) is 5.91 Å². The summed E-state index contributed by atoms with van der Waals surface area (Å²) < 4.78 is 138. The molecule has 0 aromatic heterocycles. The Hall–Kier alpha value is -9.35. The maximum absolute atomic E-state index is 14.8. The summed E-state index contributed by atoms with van der Waals surface area (Å²) in [4.78, 5) is 14.8. The van der Waals surface area contributed by atoms with Gasteiger partial charge in [-0.2, -0.15) is 0 Å². The van der Waals surface area contributed by atoms with Gasteiger partial charge in [0, 0.05) is 12.5 Å². The molecule has 0 bridgehead atoms. The smallest absolute Gasteiger partial charge is 0.217 e. The summed E-state index contributed by atoms with van der Waals surface area (Å²) in [5.41, 5.74) is 8.82. The number of carbonyl (C=O) groups excluding carboxylic acids is 1. The van der Waals surface area contributed by atoms with E-state index in [1.54, 1.807) is 6.08 Å². The van der Waals surface area contributed by atoms with Crippen LogP contribution in [0.4, 0.5) is 0 Å². The van der Waals surface area contributed by atoms with E-state index >= 15 is 0 Å². The number of nitrogens with one attached hydrogen (secondary N) is 1. The van der Waals surface area contributed by atoms with E-state index in [0.29, 0.717) is 5.56 Å². The topological polar surface area (TPSA) is 204 Å². The first-order valence-corrected chi connectivity index (χ1v) is 41.4. The second-order valence-corrected chi connectivity index (χ2v) is 30.5. The minimum atomic E-state index is -1.53. The van der Waals surface area contributed by atoms with Crippen molar-refractivity contribution in [3.8, 4) is 0 Å². The van der Waals surface area contributed by atoms with Gasteiger partial charge in [-0.05, 0) is 57.0 Å². The Bertz CT molecular complexity index is 4590. The molecular weight excluding hydrogens is 1520 g/mol. The fraction of sp³-hybridized carbons (Fsp3) is 0.364. The summed E-state index contributed by atoms with van der Waals surface area (Å²) in [5.74, 6) is -0.465. The lowest BCUT2D eigenvalue weighted by molar-refractivity contribution is -0.410. The fourth-order valence-electron chi connectivity index (χ4n) is 15.8. The number of hydrogen-bond acceptors (Lipinski definition) is 20. The molecule has 0 aliphatic carbocycles. The lowest BCUT2D eigenvalue weighted by Gasteiger charge is -2.54. The van der Waals surface area contributed by atoms with Crippen molar-refractivity contribution in [3.05, 3.63) is 372 Å². The van der Waals surface area contributed by atoms with Gasteiger partial charge >= 0.3 is 0 Å². The second kappa shape index (κ2) is 44.4. The molecule has 0 spiro atoms. The molecule has 0 radical (unpaired) electrons. The Morgan fingerprint density at radius 2 is 0.667 bits per heavy atom. The van der Waals surface area contributed by atoms with Crippen molar-refractivity contribution in [1.29, 1.82) is 0 Å². The quantitative estimate of drug-likeness (QED) is 0.0355. The van der Waals surface area contributed by atoms with Crippen molar-refractivity contribution in [2.24, 2.45) is 0 Å². The summed E-state index contributed by atoms with van der Waals surface area (Å²) in [7, 11) is 0. The number of fused-ring (bicyclic) bond motifs is 1. The standard InChI is InChI=1S/C99H107NO20/c1-4-55-104-97-93(111-64-78-51-31-13-32-52-78)91(86(107-60-74-43-23-9-24-44-74)81(115-97)66-103-57-71-37-17-6-18-38-71)119-96-83(100-69(3)101)88(87-82(114-96)67-112-95(117-87)79-53-33-14-34-54-79)118-99-94(90(109-62-76-47-27-11-28-48-76)85(106-59-73-41-21-8-22-42-73)80(116-99)65-102-56-70-35-15-5-16-36-70)120-98-92(110-63-77-49-29-12-30-50-77)89(108-61-75-45-25-10-26-46-75)84(68(2)113-98)105-58-72-39-19-7-20-40-72/h4-54,68,80-99H,1,55-67H2,2-3H3,(H,100,101)/t68-,80+,81+,82+,83+,84+,85-,86-,87-,88+,89+,90-,91-,92-,93+,94+,95-,96-,97-,98-,99-/m0/s1. The molecule has 10 aromatic rings. The van der Waals surface area contributed by atoms with Crippen molar-refractivity contribution < 1.29 is 94.8 Å². The molecule has 1 amide bonds. The van der Waals surface area contributed by atoms with Crippen LogP contribution in [0.25, 0.3) is 0 Å². The number of carbonyl (C=O) groups is 1.